The molecule has 0 atom stereocenters. The average molecular weight is 614 g/mol. The van der Waals surface area contributed by atoms with Gasteiger partial charge in [-0.2, -0.15) is 5.10 Å². The van der Waals surface area contributed by atoms with Gasteiger partial charge in [-0.25, -0.2) is 9.67 Å². The Bertz CT molecular complexity index is 2380. The lowest BCUT2D eigenvalue weighted by molar-refractivity contribution is 0.562. The van der Waals surface area contributed by atoms with Gasteiger partial charge in [0.1, 0.15) is 5.82 Å². The largest absolute Gasteiger partial charge is 0.309 e. The topological polar surface area (TPSA) is 38.9 Å². The molecule has 7 aromatic rings. The molecule has 9 rings (SSSR count). The summed E-state index contributed by atoms with van der Waals surface area (Å²) in [5.74, 6) is 1.02. The second-order valence-electron chi connectivity index (χ2n) is 15.3. The number of para-hydroxylation sites is 1. The first-order chi connectivity index (χ1) is 22.5. The van der Waals surface area contributed by atoms with Crippen molar-refractivity contribution in [3.63, 3.8) is 0 Å². The van der Waals surface area contributed by atoms with Gasteiger partial charge in [0.05, 0.1) is 28.1 Å². The lowest BCUT2D eigenvalue weighted by Crippen LogP contribution is -2.39. The van der Waals surface area contributed by atoms with Crippen LogP contribution in [0.3, 0.4) is 0 Å². The standard InChI is InChI=1S/C42H39N5/c1-40(2,3)26-22-33-38-34(23-26)42(6,7)32-13-10-19-43-39(32)47(38)37-25-28(16-18-31(37)41(33,4)5)46-35-14-9-8-12-29(35)30-17-15-27(24-36(30)46)45-21-11-20-44-45/h8-25H,1-7H3. The number of pyridine rings is 1. The van der Waals surface area contributed by atoms with Gasteiger partial charge in [-0.05, 0) is 70.1 Å². The molecule has 5 nitrogen and oxygen atoms in total. The molecule has 0 aliphatic carbocycles. The van der Waals surface area contributed by atoms with Crippen LogP contribution in [0, 0.1) is 0 Å². The molecule has 0 fully saturated rings. The Hall–Kier alpha value is -5.16. The SMILES string of the molecule is CC(C)(C)c1cc2c3c(c1)C(C)(C)c1cccnc1N3c1cc(-n3c4ccccc4c4ccc(-n5cccn5)cc43)ccc1C2(C)C. The fraction of sp³-hybridized carbons (Fsp3) is 0.238. The molecular formula is C42H39N5. The Morgan fingerprint density at radius 2 is 1.34 bits per heavy atom. The first-order valence-corrected chi connectivity index (χ1v) is 16.6. The van der Waals surface area contributed by atoms with E-state index in [0.29, 0.717) is 0 Å². The zero-order chi connectivity index (χ0) is 32.5. The zero-order valence-corrected chi connectivity index (χ0v) is 28.1. The molecule has 2 aliphatic rings. The summed E-state index contributed by atoms with van der Waals surface area (Å²) in [5, 5.41) is 6.99. The quantitative estimate of drug-likeness (QED) is 0.195. The molecule has 5 heteroatoms. The predicted octanol–water partition coefficient (Wildman–Crippen LogP) is 10.4. The van der Waals surface area contributed by atoms with Crippen molar-refractivity contribution in [1.29, 1.82) is 0 Å². The van der Waals surface area contributed by atoms with Gasteiger partial charge in [-0.1, -0.05) is 97.0 Å². The molecule has 5 heterocycles. The number of aromatic nitrogens is 4. The first-order valence-electron chi connectivity index (χ1n) is 16.6. The molecule has 0 saturated heterocycles. The van der Waals surface area contributed by atoms with E-state index in [1.54, 1.807) is 0 Å². The van der Waals surface area contributed by atoms with Crippen LogP contribution in [0.15, 0.2) is 110 Å². The number of hydrogen-bond donors (Lipinski definition) is 0. The Morgan fingerprint density at radius 3 is 2.09 bits per heavy atom. The maximum atomic E-state index is 5.10. The monoisotopic (exact) mass is 613 g/mol. The molecule has 2 aliphatic heterocycles. The highest BCUT2D eigenvalue weighted by atomic mass is 15.3. The fourth-order valence-corrected chi connectivity index (χ4v) is 8.13. The van der Waals surface area contributed by atoms with Crippen molar-refractivity contribution >= 4 is 39.0 Å². The number of nitrogens with zero attached hydrogens (tertiary/aromatic N) is 5. The Labute approximate surface area is 276 Å². The number of benzene rings is 4. The number of rotatable bonds is 2. The van der Waals surface area contributed by atoms with E-state index in [0.717, 1.165) is 22.7 Å². The van der Waals surface area contributed by atoms with Gasteiger partial charge in [-0.3, -0.25) is 4.90 Å². The van der Waals surface area contributed by atoms with Gasteiger partial charge in [-0.15, -0.1) is 0 Å². The third-order valence-electron chi connectivity index (χ3n) is 10.8. The summed E-state index contributed by atoms with van der Waals surface area (Å²) in [6.45, 7) is 16.5. The smallest absolute Gasteiger partial charge is 0.141 e. The minimum atomic E-state index is -0.216. The van der Waals surface area contributed by atoms with Crippen molar-refractivity contribution in [2.45, 2.75) is 64.7 Å². The molecule has 0 saturated carbocycles. The molecule has 0 unspecified atom stereocenters. The van der Waals surface area contributed by atoms with Crippen LogP contribution in [0.25, 0.3) is 33.2 Å². The Morgan fingerprint density at radius 1 is 0.617 bits per heavy atom. The summed E-state index contributed by atoms with van der Waals surface area (Å²) >= 11 is 0. The molecule has 47 heavy (non-hydrogen) atoms. The molecule has 4 aromatic carbocycles. The predicted molar refractivity (Wildman–Crippen MR) is 193 cm³/mol. The Balaban J connectivity index is 1.35. The number of hydrogen-bond acceptors (Lipinski definition) is 3. The maximum Gasteiger partial charge on any atom is 0.141 e. The van der Waals surface area contributed by atoms with E-state index in [1.165, 1.54) is 55.5 Å². The number of anilines is 3. The van der Waals surface area contributed by atoms with E-state index in [9.17, 15) is 0 Å². The second-order valence-corrected chi connectivity index (χ2v) is 15.3. The molecule has 0 N–H and O–H groups in total. The molecule has 0 spiro atoms. The zero-order valence-electron chi connectivity index (χ0n) is 28.1. The summed E-state index contributed by atoms with van der Waals surface area (Å²) in [7, 11) is 0. The summed E-state index contributed by atoms with van der Waals surface area (Å²) in [6, 6.07) is 33.7. The Kier molecular flexibility index (Phi) is 5.51. The van der Waals surface area contributed by atoms with Gasteiger partial charge in [0.15, 0.2) is 0 Å². The van der Waals surface area contributed by atoms with Crippen LogP contribution in [0.4, 0.5) is 17.2 Å². The highest BCUT2D eigenvalue weighted by Gasteiger charge is 2.47. The van der Waals surface area contributed by atoms with E-state index in [4.69, 9.17) is 4.98 Å². The fourth-order valence-electron chi connectivity index (χ4n) is 8.13. The minimum Gasteiger partial charge on any atom is -0.309 e. The van der Waals surface area contributed by atoms with Crippen molar-refractivity contribution in [3.8, 4) is 11.4 Å². The van der Waals surface area contributed by atoms with Crippen LogP contribution in [0.1, 0.15) is 76.3 Å². The summed E-state index contributed by atoms with van der Waals surface area (Å²) < 4.78 is 4.34. The van der Waals surface area contributed by atoms with Crippen LogP contribution in [0.5, 0.6) is 0 Å². The van der Waals surface area contributed by atoms with Crippen LogP contribution < -0.4 is 4.90 Å². The van der Waals surface area contributed by atoms with Crippen molar-refractivity contribution in [2.75, 3.05) is 4.90 Å². The van der Waals surface area contributed by atoms with Gasteiger partial charge in [0.2, 0.25) is 0 Å². The molecule has 3 aromatic heterocycles. The summed E-state index contributed by atoms with van der Waals surface area (Å²) in [4.78, 5) is 7.56. The number of fused-ring (bicyclic) bond motifs is 7. The molecular weight excluding hydrogens is 574 g/mol. The molecule has 0 radical (unpaired) electrons. The highest BCUT2D eigenvalue weighted by molar-refractivity contribution is 6.10. The third-order valence-corrected chi connectivity index (χ3v) is 10.8. The van der Waals surface area contributed by atoms with E-state index in [-0.39, 0.29) is 16.2 Å². The molecule has 232 valence electrons. The summed E-state index contributed by atoms with van der Waals surface area (Å²) in [6.07, 6.45) is 5.76. The third kappa shape index (κ3) is 3.77. The second kappa shape index (κ2) is 9.22. The van der Waals surface area contributed by atoms with Gasteiger partial charge in [0.25, 0.3) is 0 Å². The van der Waals surface area contributed by atoms with Gasteiger partial charge < -0.3 is 4.57 Å². The van der Waals surface area contributed by atoms with Gasteiger partial charge in [0, 0.05) is 51.4 Å². The van der Waals surface area contributed by atoms with Crippen LogP contribution in [-0.4, -0.2) is 19.3 Å². The molecule has 0 bridgehead atoms. The minimum absolute atomic E-state index is 0.0213. The van der Waals surface area contributed by atoms with Crippen LogP contribution in [-0.2, 0) is 16.2 Å². The average Bonchev–Trinajstić information content (AvgIpc) is 3.70. The normalized spacial score (nSPS) is 15.9. The lowest BCUT2D eigenvalue weighted by atomic mass is 9.65. The van der Waals surface area contributed by atoms with E-state index >= 15 is 0 Å². The van der Waals surface area contributed by atoms with E-state index in [2.05, 4.69) is 148 Å². The summed E-state index contributed by atoms with van der Waals surface area (Å²) in [5.41, 5.74) is 13.2. The van der Waals surface area contributed by atoms with Crippen LogP contribution >= 0.6 is 0 Å². The highest BCUT2D eigenvalue weighted by Crippen LogP contribution is 2.60. The van der Waals surface area contributed by atoms with Gasteiger partial charge >= 0.3 is 0 Å². The van der Waals surface area contributed by atoms with Crippen molar-refractivity contribution in [2.24, 2.45) is 0 Å². The maximum absolute atomic E-state index is 5.10. The van der Waals surface area contributed by atoms with E-state index < -0.39 is 0 Å². The van der Waals surface area contributed by atoms with Crippen molar-refractivity contribution in [3.05, 3.63) is 137 Å². The van der Waals surface area contributed by atoms with Crippen molar-refractivity contribution in [1.82, 2.24) is 19.3 Å². The van der Waals surface area contributed by atoms with Crippen molar-refractivity contribution < 1.29 is 0 Å². The van der Waals surface area contributed by atoms with E-state index in [1.807, 2.05) is 29.3 Å². The lowest BCUT2D eigenvalue weighted by Gasteiger charge is -2.49. The first kappa shape index (κ1) is 28.1. The van der Waals surface area contributed by atoms with Crippen LogP contribution in [0.2, 0.25) is 0 Å². The molecule has 0 amide bonds.